The average Bonchev–Trinajstić information content (AvgIpc) is 2.62. The van der Waals surface area contributed by atoms with Crippen LogP contribution in [-0.4, -0.2) is 29.1 Å². The van der Waals surface area contributed by atoms with Crippen molar-refractivity contribution in [3.8, 4) is 0 Å². The van der Waals surface area contributed by atoms with Gasteiger partial charge in [-0.05, 0) is 57.2 Å². The molecule has 1 N–H and O–H groups in total. The van der Waals surface area contributed by atoms with Crippen molar-refractivity contribution in [3.63, 3.8) is 0 Å². The standard InChI is InChI=1S/C20H31NO.ClH/c1-17(21-15-9-4-10-16-21)20(22,18-11-5-2-6-12-18)19-13-7-3-8-14-19;/h2,5-6,11-12,17,19,22H,3-4,7-10,13-16H2,1H3;1H. The van der Waals surface area contributed by atoms with Crippen LogP contribution in [0.25, 0.3) is 0 Å². The summed E-state index contributed by atoms with van der Waals surface area (Å²) in [4.78, 5) is 2.53. The highest BCUT2D eigenvalue weighted by atomic mass is 35.5. The number of likely N-dealkylation sites (tertiary alicyclic amines) is 1. The average molecular weight is 338 g/mol. The molecule has 2 fully saturated rings. The van der Waals surface area contributed by atoms with Crippen LogP contribution in [0.15, 0.2) is 30.3 Å². The summed E-state index contributed by atoms with van der Waals surface area (Å²) in [6.45, 7) is 4.54. The molecule has 2 unspecified atom stereocenters. The molecule has 2 aliphatic rings. The number of piperidine rings is 1. The number of aliphatic hydroxyl groups is 1. The molecular weight excluding hydrogens is 306 g/mol. The van der Waals surface area contributed by atoms with Crippen LogP contribution >= 0.6 is 12.4 Å². The Morgan fingerprint density at radius 3 is 2.13 bits per heavy atom. The maximum Gasteiger partial charge on any atom is 0.108 e. The van der Waals surface area contributed by atoms with Crippen molar-refractivity contribution in [2.24, 2.45) is 5.92 Å². The van der Waals surface area contributed by atoms with Crippen LogP contribution in [0.3, 0.4) is 0 Å². The molecule has 1 aromatic rings. The molecule has 0 spiro atoms. The summed E-state index contributed by atoms with van der Waals surface area (Å²) in [5.74, 6) is 0.403. The highest BCUT2D eigenvalue weighted by Crippen LogP contribution is 2.43. The summed E-state index contributed by atoms with van der Waals surface area (Å²) < 4.78 is 0. The van der Waals surface area contributed by atoms with Crippen molar-refractivity contribution < 1.29 is 5.11 Å². The Morgan fingerprint density at radius 2 is 1.52 bits per heavy atom. The summed E-state index contributed by atoms with van der Waals surface area (Å²) >= 11 is 0. The first-order chi connectivity index (χ1) is 10.7. The number of benzene rings is 1. The molecule has 0 radical (unpaired) electrons. The number of halogens is 1. The van der Waals surface area contributed by atoms with Gasteiger partial charge in [-0.2, -0.15) is 0 Å². The molecular formula is C20H32ClNO. The lowest BCUT2D eigenvalue weighted by Gasteiger charge is -2.48. The maximum atomic E-state index is 11.9. The first-order valence-electron chi connectivity index (χ1n) is 9.25. The zero-order valence-corrected chi connectivity index (χ0v) is 15.2. The lowest BCUT2D eigenvalue weighted by atomic mass is 9.69. The predicted octanol–water partition coefficient (Wildman–Crippen LogP) is 4.75. The van der Waals surface area contributed by atoms with E-state index in [1.165, 1.54) is 51.4 Å². The molecule has 1 saturated heterocycles. The van der Waals surface area contributed by atoms with Crippen molar-refractivity contribution in [2.45, 2.75) is 69.9 Å². The summed E-state index contributed by atoms with van der Waals surface area (Å²) in [6.07, 6.45) is 10.1. The number of hydrogen-bond acceptors (Lipinski definition) is 2. The van der Waals surface area contributed by atoms with E-state index < -0.39 is 5.60 Å². The van der Waals surface area contributed by atoms with Gasteiger partial charge in [0.2, 0.25) is 0 Å². The Bertz CT molecular complexity index is 454. The lowest BCUT2D eigenvalue weighted by molar-refractivity contribution is -0.104. The molecule has 2 atom stereocenters. The van der Waals surface area contributed by atoms with E-state index in [9.17, 15) is 5.11 Å². The zero-order chi connectivity index (χ0) is 15.4. The van der Waals surface area contributed by atoms with Crippen LogP contribution in [0.1, 0.15) is 63.9 Å². The fraction of sp³-hybridized carbons (Fsp3) is 0.700. The predicted molar refractivity (Wildman–Crippen MR) is 99.0 cm³/mol. The van der Waals surface area contributed by atoms with Crippen LogP contribution in [0, 0.1) is 5.92 Å². The molecule has 23 heavy (non-hydrogen) atoms. The van der Waals surface area contributed by atoms with Crippen LogP contribution in [0.2, 0.25) is 0 Å². The zero-order valence-electron chi connectivity index (χ0n) is 14.4. The summed E-state index contributed by atoms with van der Waals surface area (Å²) in [5, 5.41) is 11.9. The Kier molecular flexibility index (Phi) is 6.94. The fourth-order valence-electron chi connectivity index (χ4n) is 4.65. The third-order valence-corrected chi connectivity index (χ3v) is 6.04. The molecule has 1 aliphatic carbocycles. The van der Waals surface area contributed by atoms with E-state index >= 15 is 0 Å². The van der Waals surface area contributed by atoms with Gasteiger partial charge < -0.3 is 5.11 Å². The minimum atomic E-state index is -0.695. The second-order valence-electron chi connectivity index (χ2n) is 7.30. The second kappa shape index (κ2) is 8.50. The van der Waals surface area contributed by atoms with E-state index in [-0.39, 0.29) is 18.4 Å². The normalized spacial score (nSPS) is 24.4. The number of rotatable bonds is 4. The SMILES string of the molecule is CC(N1CCCCC1)C(O)(c1ccccc1)C1CCCCC1.Cl. The van der Waals surface area contributed by atoms with Crippen molar-refractivity contribution in [3.05, 3.63) is 35.9 Å². The molecule has 0 amide bonds. The van der Waals surface area contributed by atoms with Gasteiger partial charge in [0, 0.05) is 6.04 Å². The van der Waals surface area contributed by atoms with E-state index in [1.54, 1.807) is 0 Å². The fourth-order valence-corrected chi connectivity index (χ4v) is 4.65. The molecule has 1 aliphatic heterocycles. The second-order valence-corrected chi connectivity index (χ2v) is 7.30. The maximum absolute atomic E-state index is 11.9. The van der Waals surface area contributed by atoms with Crippen molar-refractivity contribution >= 4 is 12.4 Å². The molecule has 1 saturated carbocycles. The van der Waals surface area contributed by atoms with Gasteiger partial charge in [0.05, 0.1) is 0 Å². The monoisotopic (exact) mass is 337 g/mol. The smallest absolute Gasteiger partial charge is 0.108 e. The van der Waals surface area contributed by atoms with Crippen LogP contribution in [0.5, 0.6) is 0 Å². The third-order valence-electron chi connectivity index (χ3n) is 6.04. The van der Waals surface area contributed by atoms with Gasteiger partial charge >= 0.3 is 0 Å². The Labute approximate surface area is 147 Å². The topological polar surface area (TPSA) is 23.5 Å². The number of hydrogen-bond donors (Lipinski definition) is 1. The van der Waals surface area contributed by atoms with Crippen LogP contribution < -0.4 is 0 Å². The van der Waals surface area contributed by atoms with E-state index in [0.717, 1.165) is 18.7 Å². The third kappa shape index (κ3) is 3.92. The lowest BCUT2D eigenvalue weighted by Crippen LogP contribution is -2.54. The van der Waals surface area contributed by atoms with Crippen molar-refractivity contribution in [1.82, 2.24) is 4.90 Å². The van der Waals surface area contributed by atoms with Gasteiger partial charge in [0.1, 0.15) is 5.60 Å². The molecule has 1 heterocycles. The Balaban J connectivity index is 0.00000192. The van der Waals surface area contributed by atoms with E-state index in [4.69, 9.17) is 0 Å². The molecule has 3 rings (SSSR count). The first-order valence-corrected chi connectivity index (χ1v) is 9.25. The minimum absolute atomic E-state index is 0. The van der Waals surface area contributed by atoms with Crippen molar-refractivity contribution in [1.29, 1.82) is 0 Å². The van der Waals surface area contributed by atoms with Gasteiger partial charge in [-0.3, -0.25) is 4.90 Å². The van der Waals surface area contributed by atoms with Gasteiger partial charge in [-0.15, -0.1) is 12.4 Å². The van der Waals surface area contributed by atoms with Crippen LogP contribution in [-0.2, 0) is 5.60 Å². The quantitative estimate of drug-likeness (QED) is 0.857. The minimum Gasteiger partial charge on any atom is -0.383 e. The van der Waals surface area contributed by atoms with Crippen LogP contribution in [0.4, 0.5) is 0 Å². The molecule has 0 bridgehead atoms. The molecule has 0 aromatic heterocycles. The Morgan fingerprint density at radius 1 is 0.957 bits per heavy atom. The molecule has 130 valence electrons. The van der Waals surface area contributed by atoms with Gasteiger partial charge in [0.15, 0.2) is 0 Å². The number of nitrogens with zero attached hydrogens (tertiary/aromatic N) is 1. The molecule has 3 heteroatoms. The van der Waals surface area contributed by atoms with Gasteiger partial charge in [-0.25, -0.2) is 0 Å². The summed E-state index contributed by atoms with van der Waals surface area (Å²) in [7, 11) is 0. The highest BCUT2D eigenvalue weighted by Gasteiger charge is 2.45. The summed E-state index contributed by atoms with van der Waals surface area (Å²) in [6, 6.07) is 10.7. The molecule has 2 nitrogen and oxygen atoms in total. The first kappa shape index (κ1) is 18.8. The summed E-state index contributed by atoms with van der Waals surface area (Å²) in [5.41, 5.74) is 0.430. The van der Waals surface area contributed by atoms with E-state index in [0.29, 0.717) is 5.92 Å². The van der Waals surface area contributed by atoms with E-state index in [1.807, 2.05) is 0 Å². The van der Waals surface area contributed by atoms with Crippen molar-refractivity contribution in [2.75, 3.05) is 13.1 Å². The Hall–Kier alpha value is -0.570. The van der Waals surface area contributed by atoms with Gasteiger partial charge in [0.25, 0.3) is 0 Å². The largest absolute Gasteiger partial charge is 0.383 e. The van der Waals surface area contributed by atoms with Gasteiger partial charge in [-0.1, -0.05) is 56.0 Å². The van der Waals surface area contributed by atoms with E-state index in [2.05, 4.69) is 42.2 Å². The molecule has 1 aromatic carbocycles. The highest BCUT2D eigenvalue weighted by molar-refractivity contribution is 5.85.